The number of carbonyl (C=O) groups is 2. The summed E-state index contributed by atoms with van der Waals surface area (Å²) in [5.41, 5.74) is 11.9. The number of likely N-dealkylation sites (tertiary alicyclic amines) is 1. The van der Waals surface area contributed by atoms with E-state index < -0.39 is 0 Å². The average Bonchev–Trinajstić information content (AvgIpc) is 3.67. The Balaban J connectivity index is 1.06. The van der Waals surface area contributed by atoms with Gasteiger partial charge < -0.3 is 25.6 Å². The summed E-state index contributed by atoms with van der Waals surface area (Å²) in [4.78, 5) is 34.6. The lowest BCUT2D eigenvalue weighted by atomic mass is 10.0. The average molecular weight is 552 g/mol. The number of ether oxygens (including phenoxy) is 1. The van der Waals surface area contributed by atoms with E-state index in [9.17, 15) is 9.59 Å². The molecule has 4 aromatic rings. The van der Waals surface area contributed by atoms with Crippen molar-refractivity contribution in [1.82, 2.24) is 25.0 Å². The van der Waals surface area contributed by atoms with Crippen molar-refractivity contribution < 1.29 is 14.3 Å². The summed E-state index contributed by atoms with van der Waals surface area (Å²) in [6.45, 7) is 4.33. The number of carbonyl (C=O) groups excluding carboxylic acids is 2. The lowest BCUT2D eigenvalue weighted by Gasteiger charge is -2.28. The first-order valence-corrected chi connectivity index (χ1v) is 13.8. The molecule has 2 fully saturated rings. The molecule has 210 valence electrons. The summed E-state index contributed by atoms with van der Waals surface area (Å²) in [5.74, 6) is -0.184. The third-order valence-electron chi connectivity index (χ3n) is 7.72. The SMILES string of the molecule is Cn1cc(-c2cnc(N)c(C(=O)N[C@@H]3CCN(C(=O)c4ccc(-c5ccc(N6CCOCC6)cc5)cc4)C3)c2)cn1. The van der Waals surface area contributed by atoms with E-state index in [0.717, 1.165) is 48.6 Å². The van der Waals surface area contributed by atoms with E-state index >= 15 is 0 Å². The normalized spacial score (nSPS) is 17.0. The molecule has 0 aliphatic carbocycles. The number of hydrogen-bond acceptors (Lipinski definition) is 7. The van der Waals surface area contributed by atoms with Gasteiger partial charge in [-0.15, -0.1) is 0 Å². The second kappa shape index (κ2) is 11.4. The van der Waals surface area contributed by atoms with Crippen LogP contribution in [0.15, 0.2) is 73.2 Å². The van der Waals surface area contributed by atoms with Gasteiger partial charge >= 0.3 is 0 Å². The van der Waals surface area contributed by atoms with Crippen LogP contribution in [0.4, 0.5) is 11.5 Å². The molecule has 2 aliphatic heterocycles. The molecular formula is C31H33N7O3. The number of aryl methyl sites for hydroxylation is 1. The number of nitrogen functional groups attached to an aromatic ring is 1. The molecule has 6 rings (SSSR count). The van der Waals surface area contributed by atoms with E-state index in [1.807, 2.05) is 37.5 Å². The maximum Gasteiger partial charge on any atom is 0.255 e. The first-order valence-electron chi connectivity index (χ1n) is 13.8. The molecule has 2 amide bonds. The molecule has 0 unspecified atom stereocenters. The van der Waals surface area contributed by atoms with Gasteiger partial charge in [0.2, 0.25) is 0 Å². The van der Waals surface area contributed by atoms with Gasteiger partial charge in [0.25, 0.3) is 11.8 Å². The Morgan fingerprint density at radius 3 is 2.32 bits per heavy atom. The number of amides is 2. The number of pyridine rings is 1. The van der Waals surface area contributed by atoms with Gasteiger partial charge in [0.15, 0.2) is 0 Å². The Hall–Kier alpha value is -4.70. The van der Waals surface area contributed by atoms with Crippen molar-refractivity contribution in [2.45, 2.75) is 12.5 Å². The monoisotopic (exact) mass is 551 g/mol. The number of anilines is 2. The van der Waals surface area contributed by atoms with Gasteiger partial charge in [-0.3, -0.25) is 14.3 Å². The first kappa shape index (κ1) is 26.5. The highest BCUT2D eigenvalue weighted by atomic mass is 16.5. The van der Waals surface area contributed by atoms with Crippen molar-refractivity contribution in [2.75, 3.05) is 50.0 Å². The Morgan fingerprint density at radius 1 is 0.927 bits per heavy atom. The zero-order valence-electron chi connectivity index (χ0n) is 23.0. The molecule has 0 radical (unpaired) electrons. The fraction of sp³-hybridized carbons (Fsp3) is 0.290. The highest BCUT2D eigenvalue weighted by Crippen LogP contribution is 2.26. The Labute approximate surface area is 238 Å². The molecule has 3 N–H and O–H groups in total. The molecule has 2 saturated heterocycles. The van der Waals surface area contributed by atoms with Crippen molar-refractivity contribution in [3.63, 3.8) is 0 Å². The molecule has 2 aromatic heterocycles. The van der Waals surface area contributed by atoms with E-state index in [2.05, 4.69) is 44.6 Å². The van der Waals surface area contributed by atoms with Gasteiger partial charge in [-0.2, -0.15) is 5.10 Å². The molecule has 2 aromatic carbocycles. The Morgan fingerprint density at radius 2 is 1.63 bits per heavy atom. The van der Waals surface area contributed by atoms with Crippen molar-refractivity contribution in [3.05, 3.63) is 84.3 Å². The maximum atomic E-state index is 13.2. The topological polar surface area (TPSA) is 119 Å². The number of hydrogen-bond donors (Lipinski definition) is 2. The molecule has 0 saturated carbocycles. The highest BCUT2D eigenvalue weighted by molar-refractivity contribution is 6.00. The van der Waals surface area contributed by atoms with Crippen LogP contribution in [-0.4, -0.2) is 76.9 Å². The third kappa shape index (κ3) is 5.78. The molecule has 0 spiro atoms. The fourth-order valence-corrected chi connectivity index (χ4v) is 5.39. The molecule has 2 aliphatic rings. The number of nitrogens with two attached hydrogens (primary N) is 1. The molecule has 41 heavy (non-hydrogen) atoms. The van der Waals surface area contributed by atoms with Crippen LogP contribution in [0.3, 0.4) is 0 Å². The Kier molecular flexibility index (Phi) is 7.39. The second-order valence-corrected chi connectivity index (χ2v) is 10.5. The van der Waals surface area contributed by atoms with Crippen LogP contribution >= 0.6 is 0 Å². The number of morpholine rings is 1. The first-order chi connectivity index (χ1) is 19.9. The van der Waals surface area contributed by atoms with E-state index in [1.165, 1.54) is 5.69 Å². The number of nitrogens with zero attached hydrogens (tertiary/aromatic N) is 5. The minimum Gasteiger partial charge on any atom is -0.383 e. The lowest BCUT2D eigenvalue weighted by molar-refractivity contribution is 0.0783. The largest absolute Gasteiger partial charge is 0.383 e. The third-order valence-corrected chi connectivity index (χ3v) is 7.72. The van der Waals surface area contributed by atoms with E-state index in [4.69, 9.17) is 10.5 Å². The molecule has 10 heteroatoms. The minimum absolute atomic E-state index is 0.0456. The molecular weight excluding hydrogens is 518 g/mol. The number of aromatic nitrogens is 3. The summed E-state index contributed by atoms with van der Waals surface area (Å²) in [7, 11) is 1.83. The van der Waals surface area contributed by atoms with Crippen LogP contribution in [0.25, 0.3) is 22.3 Å². The summed E-state index contributed by atoms with van der Waals surface area (Å²) in [5, 5.41) is 7.21. The molecule has 1 atom stereocenters. The van der Waals surface area contributed by atoms with Gasteiger partial charge in [-0.05, 0) is 47.9 Å². The quantitative estimate of drug-likeness (QED) is 0.378. The number of nitrogens with one attached hydrogen (secondary N) is 1. The molecule has 4 heterocycles. The van der Waals surface area contributed by atoms with Crippen molar-refractivity contribution in [2.24, 2.45) is 7.05 Å². The van der Waals surface area contributed by atoms with Gasteiger partial charge in [0.05, 0.1) is 25.0 Å². The zero-order valence-corrected chi connectivity index (χ0v) is 23.0. The summed E-state index contributed by atoms with van der Waals surface area (Å²) in [6.07, 6.45) is 5.86. The van der Waals surface area contributed by atoms with Crippen LogP contribution < -0.4 is 16.0 Å². The predicted octanol–water partition coefficient (Wildman–Crippen LogP) is 3.21. The van der Waals surface area contributed by atoms with Gasteiger partial charge in [-0.25, -0.2) is 4.98 Å². The van der Waals surface area contributed by atoms with Gasteiger partial charge in [0.1, 0.15) is 5.82 Å². The number of benzene rings is 2. The van der Waals surface area contributed by atoms with Crippen LogP contribution in [0, 0.1) is 0 Å². The summed E-state index contributed by atoms with van der Waals surface area (Å²) >= 11 is 0. The standard InChI is InChI=1S/C31H33N7O3/c1-36-19-25(18-34-36)24-16-28(29(32)33-17-24)30(39)35-26-10-11-38(20-26)31(40)23-4-2-21(3-5-23)22-6-8-27(9-7-22)37-12-14-41-15-13-37/h2-9,16-19,26H,10-15,20H2,1H3,(H2,32,33)(H,35,39)/t26-/m1/s1. The van der Waals surface area contributed by atoms with Crippen molar-refractivity contribution >= 4 is 23.3 Å². The highest BCUT2D eigenvalue weighted by Gasteiger charge is 2.29. The number of rotatable bonds is 6. The smallest absolute Gasteiger partial charge is 0.255 e. The molecule has 10 nitrogen and oxygen atoms in total. The van der Waals surface area contributed by atoms with Crippen LogP contribution in [0.5, 0.6) is 0 Å². The van der Waals surface area contributed by atoms with E-state index in [-0.39, 0.29) is 23.7 Å². The van der Waals surface area contributed by atoms with Gasteiger partial charge in [0, 0.05) is 74.0 Å². The second-order valence-electron chi connectivity index (χ2n) is 10.5. The van der Waals surface area contributed by atoms with Crippen molar-refractivity contribution in [3.8, 4) is 22.3 Å². The van der Waals surface area contributed by atoms with E-state index in [1.54, 1.807) is 28.0 Å². The van der Waals surface area contributed by atoms with Crippen LogP contribution in [0.2, 0.25) is 0 Å². The predicted molar refractivity (Wildman–Crippen MR) is 158 cm³/mol. The van der Waals surface area contributed by atoms with E-state index in [0.29, 0.717) is 30.6 Å². The van der Waals surface area contributed by atoms with Gasteiger partial charge in [-0.1, -0.05) is 24.3 Å². The summed E-state index contributed by atoms with van der Waals surface area (Å²) in [6, 6.07) is 17.8. The molecule has 0 bridgehead atoms. The van der Waals surface area contributed by atoms with Crippen molar-refractivity contribution in [1.29, 1.82) is 0 Å². The zero-order chi connectivity index (χ0) is 28.3. The van der Waals surface area contributed by atoms with Crippen LogP contribution in [-0.2, 0) is 11.8 Å². The fourth-order valence-electron chi connectivity index (χ4n) is 5.39. The minimum atomic E-state index is -0.302. The Bertz CT molecular complexity index is 1540. The van der Waals surface area contributed by atoms with Crippen LogP contribution in [0.1, 0.15) is 27.1 Å². The summed E-state index contributed by atoms with van der Waals surface area (Å²) < 4.78 is 7.13. The lowest BCUT2D eigenvalue weighted by Crippen LogP contribution is -2.38. The maximum absolute atomic E-state index is 13.2.